The zero-order valence-corrected chi connectivity index (χ0v) is 11.4. The average molecular weight is 227 g/mol. The van der Waals surface area contributed by atoms with Gasteiger partial charge in [-0.15, -0.1) is 0 Å². The van der Waals surface area contributed by atoms with E-state index in [0.717, 1.165) is 25.9 Å². The van der Waals surface area contributed by atoms with Crippen molar-refractivity contribution < 1.29 is 0 Å². The first-order chi connectivity index (χ1) is 7.65. The monoisotopic (exact) mass is 227 g/mol. The minimum Gasteiger partial charge on any atom is -0.387 e. The zero-order chi connectivity index (χ0) is 12.4. The third-order valence-electron chi connectivity index (χ3n) is 3.02. The molecule has 0 aliphatic carbocycles. The van der Waals surface area contributed by atoms with E-state index in [9.17, 15) is 0 Å². The van der Waals surface area contributed by atoms with Crippen LogP contribution in [0, 0.1) is 0 Å². The van der Waals surface area contributed by atoms with Gasteiger partial charge in [0.05, 0.1) is 0 Å². The van der Waals surface area contributed by atoms with Crippen LogP contribution in [0.15, 0.2) is 11.3 Å². The largest absolute Gasteiger partial charge is 0.387 e. The normalized spacial score (nSPS) is 14.6. The molecule has 0 radical (unpaired) electrons. The fourth-order valence-electron chi connectivity index (χ4n) is 1.63. The molecule has 0 saturated carbocycles. The van der Waals surface area contributed by atoms with E-state index in [1.54, 1.807) is 0 Å². The van der Waals surface area contributed by atoms with Crippen LogP contribution in [-0.2, 0) is 0 Å². The average Bonchev–Trinajstić information content (AvgIpc) is 2.31. The molecule has 4 N–H and O–H groups in total. The highest BCUT2D eigenvalue weighted by atomic mass is 14.9. The molecule has 96 valence electrons. The van der Waals surface area contributed by atoms with E-state index in [1.165, 1.54) is 17.7 Å². The van der Waals surface area contributed by atoms with Gasteiger partial charge in [0, 0.05) is 24.8 Å². The number of allylic oxidation sites excluding steroid dienone is 1. The standard InChI is InChI=1S/C13H29N3/c1-5-11(3)15-9-7-13(6-2)12(4)16-10-8-14/h11,15-16H,5-10,14H2,1-4H3/b13-12+. The van der Waals surface area contributed by atoms with E-state index in [1.807, 2.05) is 0 Å². The van der Waals surface area contributed by atoms with Crippen LogP contribution in [0.4, 0.5) is 0 Å². The van der Waals surface area contributed by atoms with Crippen molar-refractivity contribution in [2.45, 2.75) is 53.0 Å². The van der Waals surface area contributed by atoms with Gasteiger partial charge in [-0.25, -0.2) is 0 Å². The van der Waals surface area contributed by atoms with E-state index < -0.39 is 0 Å². The highest BCUT2D eigenvalue weighted by Crippen LogP contribution is 2.10. The molecular formula is C13H29N3. The molecule has 0 bridgehead atoms. The Hall–Kier alpha value is -0.540. The fraction of sp³-hybridized carbons (Fsp3) is 0.846. The summed E-state index contributed by atoms with van der Waals surface area (Å²) in [5.41, 5.74) is 8.29. The summed E-state index contributed by atoms with van der Waals surface area (Å²) in [4.78, 5) is 0. The van der Waals surface area contributed by atoms with Crippen molar-refractivity contribution in [3.05, 3.63) is 11.3 Å². The predicted molar refractivity (Wildman–Crippen MR) is 72.4 cm³/mol. The van der Waals surface area contributed by atoms with Crippen molar-refractivity contribution in [2.24, 2.45) is 5.73 Å². The topological polar surface area (TPSA) is 50.1 Å². The first-order valence-corrected chi connectivity index (χ1v) is 6.51. The van der Waals surface area contributed by atoms with Crippen molar-refractivity contribution in [1.29, 1.82) is 0 Å². The van der Waals surface area contributed by atoms with Gasteiger partial charge in [-0.2, -0.15) is 0 Å². The molecule has 3 heteroatoms. The summed E-state index contributed by atoms with van der Waals surface area (Å²) in [5.74, 6) is 0. The van der Waals surface area contributed by atoms with Crippen molar-refractivity contribution >= 4 is 0 Å². The zero-order valence-electron chi connectivity index (χ0n) is 11.4. The van der Waals surface area contributed by atoms with Crippen LogP contribution in [0.1, 0.15) is 47.0 Å². The van der Waals surface area contributed by atoms with Crippen LogP contribution in [0.3, 0.4) is 0 Å². The fourth-order valence-corrected chi connectivity index (χ4v) is 1.63. The molecule has 0 aliphatic heterocycles. The Morgan fingerprint density at radius 3 is 2.44 bits per heavy atom. The van der Waals surface area contributed by atoms with Gasteiger partial charge in [-0.3, -0.25) is 0 Å². The Kier molecular flexibility index (Phi) is 9.34. The van der Waals surface area contributed by atoms with E-state index in [0.29, 0.717) is 12.6 Å². The third-order valence-corrected chi connectivity index (χ3v) is 3.02. The summed E-state index contributed by atoms with van der Waals surface area (Å²) in [6, 6.07) is 0.621. The molecular weight excluding hydrogens is 198 g/mol. The number of nitrogens with one attached hydrogen (secondary N) is 2. The molecule has 0 aromatic heterocycles. The van der Waals surface area contributed by atoms with Crippen LogP contribution in [-0.4, -0.2) is 25.7 Å². The van der Waals surface area contributed by atoms with Crippen LogP contribution < -0.4 is 16.4 Å². The molecule has 0 saturated heterocycles. The predicted octanol–water partition coefficient (Wildman–Crippen LogP) is 2.00. The van der Waals surface area contributed by atoms with Crippen molar-refractivity contribution in [3.8, 4) is 0 Å². The molecule has 1 unspecified atom stereocenters. The van der Waals surface area contributed by atoms with Crippen LogP contribution >= 0.6 is 0 Å². The van der Waals surface area contributed by atoms with Gasteiger partial charge in [-0.05, 0) is 39.7 Å². The summed E-state index contributed by atoms with van der Waals surface area (Å²) < 4.78 is 0. The van der Waals surface area contributed by atoms with Crippen molar-refractivity contribution in [2.75, 3.05) is 19.6 Å². The molecule has 0 heterocycles. The van der Waals surface area contributed by atoms with E-state index in [2.05, 4.69) is 38.3 Å². The van der Waals surface area contributed by atoms with E-state index >= 15 is 0 Å². The lowest BCUT2D eigenvalue weighted by atomic mass is 10.1. The number of nitrogens with two attached hydrogens (primary N) is 1. The van der Waals surface area contributed by atoms with Crippen LogP contribution in [0.25, 0.3) is 0 Å². The number of rotatable bonds is 9. The SMILES string of the molecule is CC/C(CCNC(C)CC)=C(/C)NCCN. The van der Waals surface area contributed by atoms with Crippen LogP contribution in [0.2, 0.25) is 0 Å². The second-order valence-electron chi connectivity index (χ2n) is 4.31. The van der Waals surface area contributed by atoms with Crippen molar-refractivity contribution in [3.63, 3.8) is 0 Å². The Morgan fingerprint density at radius 2 is 1.94 bits per heavy atom. The summed E-state index contributed by atoms with van der Waals surface area (Å²) in [6.45, 7) is 11.4. The quantitative estimate of drug-likeness (QED) is 0.565. The smallest absolute Gasteiger partial charge is 0.0266 e. The molecule has 0 spiro atoms. The van der Waals surface area contributed by atoms with Gasteiger partial charge >= 0.3 is 0 Å². The molecule has 1 atom stereocenters. The van der Waals surface area contributed by atoms with Gasteiger partial charge in [0.25, 0.3) is 0 Å². The molecule has 0 aliphatic rings. The summed E-state index contributed by atoms with van der Waals surface area (Å²) >= 11 is 0. The Morgan fingerprint density at radius 1 is 1.25 bits per heavy atom. The lowest BCUT2D eigenvalue weighted by Gasteiger charge is -2.15. The number of hydrogen-bond donors (Lipinski definition) is 3. The Bertz CT molecular complexity index is 199. The summed E-state index contributed by atoms with van der Waals surface area (Å²) in [7, 11) is 0. The Balaban J connectivity index is 3.97. The van der Waals surface area contributed by atoms with Gasteiger partial charge in [0.15, 0.2) is 0 Å². The maximum Gasteiger partial charge on any atom is 0.0266 e. The highest BCUT2D eigenvalue weighted by Gasteiger charge is 2.02. The van der Waals surface area contributed by atoms with Gasteiger partial charge in [0.2, 0.25) is 0 Å². The molecule has 0 fully saturated rings. The van der Waals surface area contributed by atoms with Crippen molar-refractivity contribution in [1.82, 2.24) is 10.6 Å². The molecule has 16 heavy (non-hydrogen) atoms. The molecule has 0 amide bonds. The van der Waals surface area contributed by atoms with E-state index in [4.69, 9.17) is 5.73 Å². The van der Waals surface area contributed by atoms with Gasteiger partial charge < -0.3 is 16.4 Å². The van der Waals surface area contributed by atoms with Crippen LogP contribution in [0.5, 0.6) is 0 Å². The lowest BCUT2D eigenvalue weighted by molar-refractivity contribution is 0.533. The molecule has 0 rings (SSSR count). The number of hydrogen-bond acceptors (Lipinski definition) is 3. The minimum atomic E-state index is 0.621. The molecule has 0 aromatic rings. The molecule has 3 nitrogen and oxygen atoms in total. The first-order valence-electron chi connectivity index (χ1n) is 6.51. The lowest BCUT2D eigenvalue weighted by Crippen LogP contribution is -2.27. The highest BCUT2D eigenvalue weighted by molar-refractivity contribution is 5.10. The van der Waals surface area contributed by atoms with Gasteiger partial charge in [0.1, 0.15) is 0 Å². The molecule has 0 aromatic carbocycles. The second kappa shape index (κ2) is 9.67. The maximum atomic E-state index is 5.48. The second-order valence-corrected chi connectivity index (χ2v) is 4.31. The maximum absolute atomic E-state index is 5.48. The summed E-state index contributed by atoms with van der Waals surface area (Å²) in [6.07, 6.45) is 3.44. The Labute approximate surface area is 101 Å². The van der Waals surface area contributed by atoms with Gasteiger partial charge in [-0.1, -0.05) is 19.4 Å². The first kappa shape index (κ1) is 15.5. The minimum absolute atomic E-state index is 0.621. The summed E-state index contributed by atoms with van der Waals surface area (Å²) in [5, 5.41) is 6.88. The third kappa shape index (κ3) is 6.85. The van der Waals surface area contributed by atoms with E-state index in [-0.39, 0.29) is 0 Å².